The van der Waals surface area contributed by atoms with E-state index in [4.69, 9.17) is 16.3 Å². The Kier molecular flexibility index (Phi) is 4.90. The van der Waals surface area contributed by atoms with Crippen LogP contribution >= 0.6 is 11.6 Å². The van der Waals surface area contributed by atoms with Crippen molar-refractivity contribution in [3.63, 3.8) is 0 Å². The van der Waals surface area contributed by atoms with Gasteiger partial charge in [0.15, 0.2) is 11.5 Å². The molecule has 16 heavy (non-hydrogen) atoms. The lowest BCUT2D eigenvalue weighted by Gasteiger charge is -2.17. The number of rotatable bonds is 5. The summed E-state index contributed by atoms with van der Waals surface area (Å²) in [6, 6.07) is 3.38. The first kappa shape index (κ1) is 13.1. The summed E-state index contributed by atoms with van der Waals surface area (Å²) in [6.07, 6.45) is 1.08. The smallest absolute Gasteiger partial charge is 0.162 e. The molecule has 0 aliphatic heterocycles. The van der Waals surface area contributed by atoms with Crippen molar-refractivity contribution in [2.75, 3.05) is 20.7 Å². The molecule has 0 unspecified atom stereocenters. The van der Waals surface area contributed by atoms with Crippen molar-refractivity contribution < 1.29 is 9.84 Å². The highest BCUT2D eigenvalue weighted by molar-refractivity contribution is 6.30. The lowest BCUT2D eigenvalue weighted by Crippen LogP contribution is -2.18. The van der Waals surface area contributed by atoms with Crippen LogP contribution in [0.1, 0.15) is 18.9 Å². The third kappa shape index (κ3) is 3.29. The van der Waals surface area contributed by atoms with Crippen LogP contribution in [0.25, 0.3) is 0 Å². The van der Waals surface area contributed by atoms with Crippen molar-refractivity contribution >= 4 is 11.6 Å². The van der Waals surface area contributed by atoms with E-state index >= 15 is 0 Å². The number of benzene rings is 1. The second kappa shape index (κ2) is 5.97. The Morgan fingerprint density at radius 1 is 1.44 bits per heavy atom. The minimum Gasteiger partial charge on any atom is -0.504 e. The topological polar surface area (TPSA) is 32.7 Å². The van der Waals surface area contributed by atoms with Gasteiger partial charge < -0.3 is 14.7 Å². The lowest BCUT2D eigenvalue weighted by molar-refractivity contribution is 0.315. The Hall–Kier alpha value is -0.930. The van der Waals surface area contributed by atoms with Crippen molar-refractivity contribution in [1.82, 2.24) is 4.90 Å². The summed E-state index contributed by atoms with van der Waals surface area (Å²) in [6.45, 7) is 3.76. The predicted octanol–water partition coefficient (Wildman–Crippen LogP) is 2.90. The molecule has 1 aromatic carbocycles. The Bertz CT molecular complexity index is 355. The Morgan fingerprint density at radius 2 is 2.12 bits per heavy atom. The van der Waals surface area contributed by atoms with E-state index in [2.05, 4.69) is 11.8 Å². The van der Waals surface area contributed by atoms with Crippen molar-refractivity contribution in [2.45, 2.75) is 19.9 Å². The zero-order chi connectivity index (χ0) is 12.1. The molecule has 0 bridgehead atoms. The molecule has 1 rings (SSSR count). The molecule has 0 radical (unpaired) electrons. The number of nitrogens with zero attached hydrogens (tertiary/aromatic N) is 1. The fraction of sp³-hybridized carbons (Fsp3) is 0.500. The van der Waals surface area contributed by atoms with Crippen LogP contribution in [0.2, 0.25) is 5.02 Å². The maximum absolute atomic E-state index is 9.92. The van der Waals surface area contributed by atoms with E-state index in [0.717, 1.165) is 18.5 Å². The van der Waals surface area contributed by atoms with Crippen LogP contribution in [-0.2, 0) is 6.54 Å². The number of ether oxygens (including phenoxy) is 1. The van der Waals surface area contributed by atoms with Crippen LogP contribution in [0.3, 0.4) is 0 Å². The van der Waals surface area contributed by atoms with E-state index in [1.807, 2.05) is 7.05 Å². The molecule has 0 fully saturated rings. The summed E-state index contributed by atoms with van der Waals surface area (Å²) in [5, 5.41) is 10.5. The SMILES string of the molecule is CCCN(C)Cc1cc(Cl)cc(OC)c1O. The van der Waals surface area contributed by atoms with Crippen LogP contribution in [0.5, 0.6) is 11.5 Å². The third-order valence-electron chi connectivity index (χ3n) is 2.38. The Balaban J connectivity index is 2.90. The number of hydrogen-bond donors (Lipinski definition) is 1. The quantitative estimate of drug-likeness (QED) is 0.863. The number of aromatic hydroxyl groups is 1. The number of phenolic OH excluding ortho intramolecular Hbond substituents is 1. The second-order valence-electron chi connectivity index (χ2n) is 3.85. The van der Waals surface area contributed by atoms with Crippen LogP contribution in [-0.4, -0.2) is 30.7 Å². The van der Waals surface area contributed by atoms with Gasteiger partial charge in [0.25, 0.3) is 0 Å². The number of hydrogen-bond acceptors (Lipinski definition) is 3. The molecule has 4 heteroatoms. The number of phenols is 1. The van der Waals surface area contributed by atoms with E-state index in [-0.39, 0.29) is 5.75 Å². The van der Waals surface area contributed by atoms with Crippen molar-refractivity contribution in [3.8, 4) is 11.5 Å². The van der Waals surface area contributed by atoms with Gasteiger partial charge in [-0.05, 0) is 26.1 Å². The largest absolute Gasteiger partial charge is 0.504 e. The molecule has 0 aliphatic carbocycles. The zero-order valence-electron chi connectivity index (χ0n) is 9.96. The summed E-state index contributed by atoms with van der Waals surface area (Å²) in [4.78, 5) is 2.13. The standard InChI is InChI=1S/C12H18ClNO2/c1-4-5-14(2)8-9-6-10(13)7-11(16-3)12(9)15/h6-7,15H,4-5,8H2,1-3H3. The molecule has 0 aliphatic rings. The van der Waals surface area contributed by atoms with Gasteiger partial charge in [0.2, 0.25) is 0 Å². The van der Waals surface area contributed by atoms with E-state index in [9.17, 15) is 5.11 Å². The van der Waals surface area contributed by atoms with Crippen molar-refractivity contribution in [1.29, 1.82) is 0 Å². The van der Waals surface area contributed by atoms with Gasteiger partial charge in [-0.25, -0.2) is 0 Å². The molecule has 0 spiro atoms. The fourth-order valence-electron chi connectivity index (χ4n) is 1.66. The average molecular weight is 244 g/mol. The van der Waals surface area contributed by atoms with E-state index in [1.54, 1.807) is 12.1 Å². The van der Waals surface area contributed by atoms with Gasteiger partial charge in [-0.3, -0.25) is 0 Å². The second-order valence-corrected chi connectivity index (χ2v) is 4.29. The normalized spacial score (nSPS) is 10.8. The third-order valence-corrected chi connectivity index (χ3v) is 2.60. The van der Waals surface area contributed by atoms with Crippen molar-refractivity contribution in [3.05, 3.63) is 22.7 Å². The highest BCUT2D eigenvalue weighted by Gasteiger charge is 2.11. The van der Waals surface area contributed by atoms with Crippen LogP contribution in [0, 0.1) is 0 Å². The molecular formula is C12H18ClNO2. The number of halogens is 1. The summed E-state index contributed by atoms with van der Waals surface area (Å²) in [7, 11) is 3.53. The molecule has 1 N–H and O–H groups in total. The van der Waals surface area contributed by atoms with Gasteiger partial charge in [-0.15, -0.1) is 0 Å². The molecule has 0 aromatic heterocycles. The number of methoxy groups -OCH3 is 1. The molecule has 3 nitrogen and oxygen atoms in total. The first-order valence-electron chi connectivity index (χ1n) is 5.32. The molecule has 1 aromatic rings. The van der Waals surface area contributed by atoms with Gasteiger partial charge in [0, 0.05) is 23.2 Å². The minimum atomic E-state index is 0.176. The summed E-state index contributed by atoms with van der Waals surface area (Å²) < 4.78 is 5.06. The average Bonchev–Trinajstić information content (AvgIpc) is 2.23. The van der Waals surface area contributed by atoms with Crippen LogP contribution in [0.4, 0.5) is 0 Å². The predicted molar refractivity (Wildman–Crippen MR) is 66.3 cm³/mol. The maximum Gasteiger partial charge on any atom is 0.162 e. The molecule has 0 atom stereocenters. The Labute approximate surface area is 102 Å². The fourth-order valence-corrected chi connectivity index (χ4v) is 1.89. The first-order valence-corrected chi connectivity index (χ1v) is 5.70. The highest BCUT2D eigenvalue weighted by Crippen LogP contribution is 2.33. The summed E-state index contributed by atoms with van der Waals surface area (Å²) in [5.41, 5.74) is 0.792. The van der Waals surface area contributed by atoms with E-state index < -0.39 is 0 Å². The molecule has 90 valence electrons. The lowest BCUT2D eigenvalue weighted by atomic mass is 10.1. The molecule has 0 heterocycles. The van der Waals surface area contributed by atoms with E-state index in [1.165, 1.54) is 7.11 Å². The minimum absolute atomic E-state index is 0.176. The summed E-state index contributed by atoms with van der Waals surface area (Å²) >= 11 is 5.95. The Morgan fingerprint density at radius 3 is 2.69 bits per heavy atom. The van der Waals surface area contributed by atoms with Gasteiger partial charge >= 0.3 is 0 Å². The van der Waals surface area contributed by atoms with E-state index in [0.29, 0.717) is 17.3 Å². The maximum atomic E-state index is 9.92. The van der Waals surface area contributed by atoms with Gasteiger partial charge in [-0.1, -0.05) is 18.5 Å². The molecule has 0 saturated heterocycles. The molecular weight excluding hydrogens is 226 g/mol. The highest BCUT2D eigenvalue weighted by atomic mass is 35.5. The van der Waals surface area contributed by atoms with Crippen LogP contribution in [0.15, 0.2) is 12.1 Å². The van der Waals surface area contributed by atoms with Gasteiger partial charge in [-0.2, -0.15) is 0 Å². The first-order chi connectivity index (χ1) is 7.58. The monoisotopic (exact) mass is 243 g/mol. The van der Waals surface area contributed by atoms with Gasteiger partial charge in [0.05, 0.1) is 7.11 Å². The van der Waals surface area contributed by atoms with Crippen molar-refractivity contribution in [2.24, 2.45) is 0 Å². The zero-order valence-corrected chi connectivity index (χ0v) is 10.7. The molecule has 0 amide bonds. The summed E-state index contributed by atoms with van der Waals surface area (Å²) in [5.74, 6) is 0.599. The van der Waals surface area contributed by atoms with Crippen LogP contribution < -0.4 is 4.74 Å². The van der Waals surface area contributed by atoms with Gasteiger partial charge in [0.1, 0.15) is 0 Å². The molecule has 0 saturated carbocycles.